The standard InChI is InChI=1S/C13H11N.C2H4O2/c1-2-6-11-10(5-1)9-14-13-8-4-3-7-12(11)13;1-2(3)4/h1-8,14H,9H2;1H3,(H,3,4). The van der Waals surface area contributed by atoms with Gasteiger partial charge in [0.2, 0.25) is 0 Å². The van der Waals surface area contributed by atoms with E-state index < -0.39 is 5.97 Å². The summed E-state index contributed by atoms with van der Waals surface area (Å²) in [5.74, 6) is -0.833. The van der Waals surface area contributed by atoms with Gasteiger partial charge in [0.15, 0.2) is 0 Å². The molecule has 92 valence electrons. The van der Waals surface area contributed by atoms with E-state index in [4.69, 9.17) is 9.90 Å². The topological polar surface area (TPSA) is 49.3 Å². The normalized spacial score (nSPS) is 11.2. The van der Waals surface area contributed by atoms with E-state index in [0.29, 0.717) is 0 Å². The number of carboxylic acid groups (broad SMARTS) is 1. The molecule has 0 saturated heterocycles. The van der Waals surface area contributed by atoms with Crippen molar-refractivity contribution in [3.63, 3.8) is 0 Å². The number of rotatable bonds is 0. The third-order valence-corrected chi connectivity index (χ3v) is 2.70. The number of fused-ring (bicyclic) bond motifs is 3. The molecule has 1 aliphatic rings. The minimum absolute atomic E-state index is 0.833. The van der Waals surface area contributed by atoms with Gasteiger partial charge in [0.1, 0.15) is 0 Å². The maximum atomic E-state index is 9.00. The van der Waals surface area contributed by atoms with Gasteiger partial charge in [0, 0.05) is 24.7 Å². The van der Waals surface area contributed by atoms with Crippen LogP contribution in [0.3, 0.4) is 0 Å². The van der Waals surface area contributed by atoms with Crippen molar-refractivity contribution in [1.82, 2.24) is 0 Å². The molecule has 0 fully saturated rings. The summed E-state index contributed by atoms with van der Waals surface area (Å²) in [4.78, 5) is 9.00. The van der Waals surface area contributed by atoms with Crippen LogP contribution >= 0.6 is 0 Å². The molecule has 18 heavy (non-hydrogen) atoms. The highest BCUT2D eigenvalue weighted by Gasteiger charge is 2.12. The van der Waals surface area contributed by atoms with E-state index in [2.05, 4.69) is 53.8 Å². The molecule has 0 saturated carbocycles. The molecule has 0 bridgehead atoms. The van der Waals surface area contributed by atoms with Crippen LogP contribution in [0, 0.1) is 0 Å². The lowest BCUT2D eigenvalue weighted by atomic mass is 9.95. The van der Waals surface area contributed by atoms with Crippen molar-refractivity contribution in [2.75, 3.05) is 5.32 Å². The summed E-state index contributed by atoms with van der Waals surface area (Å²) >= 11 is 0. The van der Waals surface area contributed by atoms with Crippen LogP contribution in [0.25, 0.3) is 11.1 Å². The highest BCUT2D eigenvalue weighted by atomic mass is 16.4. The highest BCUT2D eigenvalue weighted by molar-refractivity contribution is 5.82. The number of anilines is 1. The minimum atomic E-state index is -0.833. The molecule has 0 aliphatic carbocycles. The Morgan fingerprint density at radius 3 is 2.33 bits per heavy atom. The van der Waals surface area contributed by atoms with E-state index in [1.807, 2.05) is 0 Å². The first-order chi connectivity index (χ1) is 8.68. The van der Waals surface area contributed by atoms with Crippen LogP contribution in [0.15, 0.2) is 48.5 Å². The molecular weight excluding hydrogens is 226 g/mol. The zero-order valence-corrected chi connectivity index (χ0v) is 10.2. The summed E-state index contributed by atoms with van der Waals surface area (Å²) < 4.78 is 0. The van der Waals surface area contributed by atoms with Crippen molar-refractivity contribution < 1.29 is 9.90 Å². The molecular formula is C15H15NO2. The molecule has 1 aliphatic heterocycles. The highest BCUT2D eigenvalue weighted by Crippen LogP contribution is 2.34. The molecule has 0 unspecified atom stereocenters. The van der Waals surface area contributed by atoms with Crippen molar-refractivity contribution in [1.29, 1.82) is 0 Å². The number of carbonyl (C=O) groups is 1. The monoisotopic (exact) mass is 241 g/mol. The number of hydrogen-bond donors (Lipinski definition) is 2. The predicted octanol–water partition coefficient (Wildman–Crippen LogP) is 3.37. The van der Waals surface area contributed by atoms with E-state index in [-0.39, 0.29) is 0 Å². The molecule has 3 heteroatoms. The van der Waals surface area contributed by atoms with E-state index in [9.17, 15) is 0 Å². The lowest BCUT2D eigenvalue weighted by Crippen LogP contribution is -2.07. The van der Waals surface area contributed by atoms with Crippen molar-refractivity contribution in [2.24, 2.45) is 0 Å². The Hall–Kier alpha value is -2.29. The third kappa shape index (κ3) is 2.69. The molecule has 0 atom stereocenters. The summed E-state index contributed by atoms with van der Waals surface area (Å²) in [5, 5.41) is 10.8. The van der Waals surface area contributed by atoms with Gasteiger partial charge in [0.05, 0.1) is 0 Å². The Labute approximate surface area is 106 Å². The van der Waals surface area contributed by atoms with Crippen molar-refractivity contribution in [3.05, 3.63) is 54.1 Å². The lowest BCUT2D eigenvalue weighted by Gasteiger charge is -2.20. The number of para-hydroxylation sites is 1. The first kappa shape index (κ1) is 12.2. The van der Waals surface area contributed by atoms with Crippen molar-refractivity contribution >= 4 is 11.7 Å². The minimum Gasteiger partial charge on any atom is -0.481 e. The molecule has 0 aromatic heterocycles. The number of hydrogen-bond acceptors (Lipinski definition) is 2. The molecule has 2 aromatic carbocycles. The molecule has 3 nitrogen and oxygen atoms in total. The number of carboxylic acids is 1. The fourth-order valence-corrected chi connectivity index (χ4v) is 2.00. The Balaban J connectivity index is 0.000000267. The van der Waals surface area contributed by atoms with Gasteiger partial charge in [-0.25, -0.2) is 0 Å². The second kappa shape index (κ2) is 5.36. The van der Waals surface area contributed by atoms with Crippen LogP contribution < -0.4 is 5.32 Å². The largest absolute Gasteiger partial charge is 0.481 e. The fourth-order valence-electron chi connectivity index (χ4n) is 2.00. The number of benzene rings is 2. The number of aliphatic carboxylic acids is 1. The van der Waals surface area contributed by atoms with Gasteiger partial charge in [-0.05, 0) is 17.2 Å². The van der Waals surface area contributed by atoms with Gasteiger partial charge in [-0.3, -0.25) is 4.79 Å². The molecule has 1 heterocycles. The average molecular weight is 241 g/mol. The Morgan fingerprint density at radius 2 is 1.61 bits per heavy atom. The van der Waals surface area contributed by atoms with Gasteiger partial charge in [0.25, 0.3) is 5.97 Å². The summed E-state index contributed by atoms with van der Waals surface area (Å²) in [6.07, 6.45) is 0. The Bertz CT molecular complexity index is 514. The van der Waals surface area contributed by atoms with E-state index in [0.717, 1.165) is 13.5 Å². The van der Waals surface area contributed by atoms with Gasteiger partial charge in [-0.2, -0.15) is 0 Å². The van der Waals surface area contributed by atoms with Crippen LogP contribution in [-0.2, 0) is 11.3 Å². The lowest BCUT2D eigenvalue weighted by molar-refractivity contribution is -0.134. The third-order valence-electron chi connectivity index (χ3n) is 2.70. The van der Waals surface area contributed by atoms with Gasteiger partial charge < -0.3 is 10.4 Å². The summed E-state index contributed by atoms with van der Waals surface area (Å²) in [7, 11) is 0. The number of nitrogens with one attached hydrogen (secondary N) is 1. The van der Waals surface area contributed by atoms with Crippen LogP contribution in [0.1, 0.15) is 12.5 Å². The molecule has 2 N–H and O–H groups in total. The SMILES string of the molecule is CC(=O)O.c1ccc2c(c1)CNc1ccccc1-2. The molecule has 3 rings (SSSR count). The van der Waals surface area contributed by atoms with E-state index in [1.54, 1.807) is 0 Å². The Morgan fingerprint density at radius 1 is 1.06 bits per heavy atom. The summed E-state index contributed by atoms with van der Waals surface area (Å²) in [6.45, 7) is 2.02. The van der Waals surface area contributed by atoms with Gasteiger partial charge in [-0.1, -0.05) is 42.5 Å². The Kier molecular flexibility index (Phi) is 3.63. The fraction of sp³-hybridized carbons (Fsp3) is 0.133. The van der Waals surface area contributed by atoms with E-state index >= 15 is 0 Å². The second-order valence-electron chi connectivity index (χ2n) is 4.08. The van der Waals surface area contributed by atoms with Crippen LogP contribution in [0.2, 0.25) is 0 Å². The summed E-state index contributed by atoms with van der Waals surface area (Å²) in [5.41, 5.74) is 5.30. The second-order valence-corrected chi connectivity index (χ2v) is 4.08. The van der Waals surface area contributed by atoms with E-state index in [1.165, 1.54) is 22.4 Å². The first-order valence-electron chi connectivity index (χ1n) is 5.79. The predicted molar refractivity (Wildman–Crippen MR) is 72.5 cm³/mol. The van der Waals surface area contributed by atoms with Crippen LogP contribution in [0.4, 0.5) is 5.69 Å². The van der Waals surface area contributed by atoms with Crippen LogP contribution in [0.5, 0.6) is 0 Å². The maximum Gasteiger partial charge on any atom is 0.300 e. The smallest absolute Gasteiger partial charge is 0.300 e. The molecule has 0 radical (unpaired) electrons. The van der Waals surface area contributed by atoms with Crippen LogP contribution in [-0.4, -0.2) is 11.1 Å². The van der Waals surface area contributed by atoms with Crippen molar-refractivity contribution in [3.8, 4) is 11.1 Å². The average Bonchev–Trinajstić information content (AvgIpc) is 2.38. The zero-order valence-electron chi connectivity index (χ0n) is 10.2. The molecule has 2 aromatic rings. The molecule has 0 amide bonds. The molecule has 0 spiro atoms. The van der Waals surface area contributed by atoms with Gasteiger partial charge >= 0.3 is 0 Å². The maximum absolute atomic E-state index is 9.00. The quantitative estimate of drug-likeness (QED) is 0.743. The zero-order chi connectivity index (χ0) is 13.0. The van der Waals surface area contributed by atoms with Gasteiger partial charge in [-0.15, -0.1) is 0 Å². The summed E-state index contributed by atoms with van der Waals surface area (Å²) in [6, 6.07) is 17.0. The first-order valence-corrected chi connectivity index (χ1v) is 5.79. The van der Waals surface area contributed by atoms with Crippen molar-refractivity contribution in [2.45, 2.75) is 13.5 Å².